The largest absolute Gasteiger partial charge is 0.508 e. The van der Waals surface area contributed by atoms with Crippen molar-refractivity contribution in [2.75, 3.05) is 20.3 Å². The van der Waals surface area contributed by atoms with Gasteiger partial charge in [-0.05, 0) is 42.0 Å². The number of carbonyl (C=O) groups excluding carboxylic acids is 2. The van der Waals surface area contributed by atoms with Gasteiger partial charge in [0, 0.05) is 23.5 Å². The molecule has 2 heterocycles. The highest BCUT2D eigenvalue weighted by Crippen LogP contribution is 2.40. The molecule has 4 rings (SSSR count). The summed E-state index contributed by atoms with van der Waals surface area (Å²) in [6.07, 6.45) is 0. The molecular weight excluding hydrogens is 454 g/mol. The Hall–Kier alpha value is -3.10. The summed E-state index contributed by atoms with van der Waals surface area (Å²) in [6.45, 7) is 0.373. The first-order valence-electron chi connectivity index (χ1n) is 9.16. The third-order valence-electron chi connectivity index (χ3n) is 4.97. The van der Waals surface area contributed by atoms with E-state index in [1.165, 1.54) is 24.1 Å². The molecule has 0 saturated heterocycles. The van der Waals surface area contributed by atoms with Crippen LogP contribution in [0.5, 0.6) is 5.75 Å². The summed E-state index contributed by atoms with van der Waals surface area (Å²) in [6, 6.07) is 12.2. The fourth-order valence-electron chi connectivity index (χ4n) is 3.61. The summed E-state index contributed by atoms with van der Waals surface area (Å²) in [5, 5.41) is 21.2. The predicted molar refractivity (Wildman–Crippen MR) is 112 cm³/mol. The molecule has 2 aromatic carbocycles. The van der Waals surface area contributed by atoms with Gasteiger partial charge in [0.2, 0.25) is 5.78 Å². The molecule has 0 spiro atoms. The zero-order valence-electron chi connectivity index (χ0n) is 16.0. The summed E-state index contributed by atoms with van der Waals surface area (Å²) in [4.78, 5) is 27.5. The van der Waals surface area contributed by atoms with Crippen molar-refractivity contribution in [1.82, 2.24) is 4.90 Å². The van der Waals surface area contributed by atoms with Gasteiger partial charge in [-0.15, -0.1) is 0 Å². The third-order valence-corrected chi connectivity index (χ3v) is 5.47. The average Bonchev–Trinajstić information content (AvgIpc) is 3.25. The van der Waals surface area contributed by atoms with Crippen molar-refractivity contribution in [1.29, 1.82) is 0 Å². The van der Waals surface area contributed by atoms with Crippen molar-refractivity contribution < 1.29 is 29.0 Å². The van der Waals surface area contributed by atoms with E-state index < -0.39 is 23.5 Å². The number of amides is 1. The maximum Gasteiger partial charge on any atom is 0.290 e. The zero-order chi connectivity index (χ0) is 21.4. The average molecular weight is 472 g/mol. The molecule has 1 atom stereocenters. The zero-order valence-corrected chi connectivity index (χ0v) is 17.5. The van der Waals surface area contributed by atoms with E-state index in [9.17, 15) is 19.8 Å². The number of Topliss-reactive ketones (excluding diaryl/α,β-unsaturated/α-hetero) is 1. The lowest BCUT2D eigenvalue weighted by atomic mass is 9.95. The Morgan fingerprint density at radius 1 is 1.20 bits per heavy atom. The Kier molecular flexibility index (Phi) is 5.36. The van der Waals surface area contributed by atoms with E-state index in [1.54, 1.807) is 36.4 Å². The van der Waals surface area contributed by atoms with E-state index in [-0.39, 0.29) is 30.2 Å². The summed E-state index contributed by atoms with van der Waals surface area (Å²) < 4.78 is 11.6. The van der Waals surface area contributed by atoms with Crippen LogP contribution in [0.3, 0.4) is 0 Å². The second-order valence-corrected chi connectivity index (χ2v) is 7.79. The highest BCUT2D eigenvalue weighted by Gasteiger charge is 2.44. The number of aliphatic hydroxyl groups excluding tert-OH is 1. The lowest BCUT2D eigenvalue weighted by Crippen LogP contribution is -2.33. The number of nitrogens with zero attached hydrogens (tertiary/aromatic N) is 1. The minimum Gasteiger partial charge on any atom is -0.508 e. The Labute approximate surface area is 180 Å². The standard InChI is InChI=1S/C22H18BrNO6/c1-29-8-7-24-19(12-3-2-4-15(25)10-12)18(21(27)22(24)28)20(26)17-11-13-9-14(23)5-6-16(13)30-17/h2-6,9-11,19,25,27H,7-8H2,1H3. The monoisotopic (exact) mass is 471 g/mol. The fourth-order valence-corrected chi connectivity index (χ4v) is 3.98. The normalized spacial score (nSPS) is 16.7. The molecule has 0 fully saturated rings. The number of carbonyl (C=O) groups is 2. The molecule has 1 amide bonds. The Morgan fingerprint density at radius 2 is 2.00 bits per heavy atom. The smallest absolute Gasteiger partial charge is 0.290 e. The number of furan rings is 1. The molecule has 2 N–H and O–H groups in total. The van der Waals surface area contributed by atoms with E-state index in [2.05, 4.69) is 15.9 Å². The molecule has 0 saturated carbocycles. The van der Waals surface area contributed by atoms with Crippen LogP contribution in [0, 0.1) is 0 Å². The number of hydrogen-bond acceptors (Lipinski definition) is 6. The fraction of sp³-hybridized carbons (Fsp3) is 0.182. The summed E-state index contributed by atoms with van der Waals surface area (Å²) in [5.74, 6) is -1.91. The third kappa shape index (κ3) is 3.48. The maximum atomic E-state index is 13.3. The maximum absolute atomic E-state index is 13.3. The Balaban J connectivity index is 1.81. The van der Waals surface area contributed by atoms with E-state index in [4.69, 9.17) is 9.15 Å². The molecule has 0 aliphatic carbocycles. The molecule has 8 heteroatoms. The van der Waals surface area contributed by atoms with Crippen LogP contribution in [0.1, 0.15) is 22.2 Å². The molecule has 0 radical (unpaired) electrons. The van der Waals surface area contributed by atoms with Gasteiger partial charge in [0.25, 0.3) is 5.91 Å². The van der Waals surface area contributed by atoms with Gasteiger partial charge >= 0.3 is 0 Å². The van der Waals surface area contributed by atoms with Crippen molar-refractivity contribution in [3.8, 4) is 5.75 Å². The quantitative estimate of drug-likeness (QED) is 0.524. The summed E-state index contributed by atoms with van der Waals surface area (Å²) >= 11 is 3.38. The molecule has 30 heavy (non-hydrogen) atoms. The lowest BCUT2D eigenvalue weighted by molar-refractivity contribution is -0.130. The van der Waals surface area contributed by atoms with Crippen molar-refractivity contribution in [3.05, 3.63) is 75.7 Å². The highest BCUT2D eigenvalue weighted by molar-refractivity contribution is 9.10. The van der Waals surface area contributed by atoms with Crippen LogP contribution in [0.15, 0.2) is 68.8 Å². The molecule has 7 nitrogen and oxygen atoms in total. The van der Waals surface area contributed by atoms with Gasteiger partial charge in [-0.25, -0.2) is 0 Å². The number of fused-ring (bicyclic) bond motifs is 1. The number of ether oxygens (including phenoxy) is 1. The molecule has 1 unspecified atom stereocenters. The number of phenolic OH excluding ortho intramolecular Hbond substituents is 1. The van der Waals surface area contributed by atoms with Gasteiger partial charge in [-0.3, -0.25) is 9.59 Å². The van der Waals surface area contributed by atoms with Gasteiger partial charge in [0.05, 0.1) is 18.2 Å². The number of hydrogen-bond donors (Lipinski definition) is 2. The minimum atomic E-state index is -0.882. The van der Waals surface area contributed by atoms with Crippen molar-refractivity contribution >= 4 is 38.6 Å². The molecule has 1 aliphatic rings. The number of benzene rings is 2. The molecule has 1 aliphatic heterocycles. The molecule has 3 aromatic rings. The van der Waals surface area contributed by atoms with Gasteiger partial charge in [-0.1, -0.05) is 28.1 Å². The highest BCUT2D eigenvalue weighted by atomic mass is 79.9. The number of aliphatic hydroxyl groups is 1. The van der Waals surface area contributed by atoms with Gasteiger partial charge in [-0.2, -0.15) is 0 Å². The number of ketones is 1. The number of methoxy groups -OCH3 is 1. The molecule has 154 valence electrons. The van der Waals surface area contributed by atoms with Crippen molar-refractivity contribution in [2.45, 2.75) is 6.04 Å². The first-order chi connectivity index (χ1) is 14.4. The van der Waals surface area contributed by atoms with Crippen LogP contribution >= 0.6 is 15.9 Å². The van der Waals surface area contributed by atoms with Crippen LogP contribution < -0.4 is 0 Å². The van der Waals surface area contributed by atoms with Gasteiger partial charge in [0.1, 0.15) is 11.3 Å². The minimum absolute atomic E-state index is 0.0104. The van der Waals surface area contributed by atoms with E-state index >= 15 is 0 Å². The summed E-state index contributed by atoms with van der Waals surface area (Å²) in [7, 11) is 1.50. The first kappa shape index (κ1) is 20.2. The lowest BCUT2D eigenvalue weighted by Gasteiger charge is -2.26. The number of aromatic hydroxyl groups is 1. The number of phenols is 1. The van der Waals surface area contributed by atoms with Gasteiger partial charge < -0.3 is 24.3 Å². The number of rotatable bonds is 6. The molecular formula is C22H18BrNO6. The van der Waals surface area contributed by atoms with E-state index in [1.807, 2.05) is 0 Å². The number of halogens is 1. The van der Waals surface area contributed by atoms with E-state index in [0.717, 1.165) is 4.47 Å². The van der Waals surface area contributed by atoms with Crippen LogP contribution in [0.4, 0.5) is 0 Å². The molecule has 0 bridgehead atoms. The van der Waals surface area contributed by atoms with E-state index in [0.29, 0.717) is 16.5 Å². The first-order valence-corrected chi connectivity index (χ1v) is 9.95. The predicted octanol–water partition coefficient (Wildman–Crippen LogP) is 4.13. The SMILES string of the molecule is COCCN1C(=O)C(O)=C(C(=O)c2cc3cc(Br)ccc3o2)C1c1cccc(O)c1. The van der Waals surface area contributed by atoms with Crippen LogP contribution in [0.2, 0.25) is 0 Å². The summed E-state index contributed by atoms with van der Waals surface area (Å²) in [5.41, 5.74) is 0.904. The Bertz CT molecular complexity index is 1180. The Morgan fingerprint density at radius 3 is 2.73 bits per heavy atom. The van der Waals surface area contributed by atoms with Crippen LogP contribution in [-0.2, 0) is 9.53 Å². The van der Waals surface area contributed by atoms with Crippen LogP contribution in [-0.4, -0.2) is 47.1 Å². The van der Waals surface area contributed by atoms with Crippen molar-refractivity contribution in [3.63, 3.8) is 0 Å². The van der Waals surface area contributed by atoms with Crippen LogP contribution in [0.25, 0.3) is 11.0 Å². The molecule has 1 aromatic heterocycles. The second-order valence-electron chi connectivity index (χ2n) is 6.87. The second kappa shape index (κ2) is 7.97. The van der Waals surface area contributed by atoms with Crippen molar-refractivity contribution in [2.24, 2.45) is 0 Å². The topological polar surface area (TPSA) is 100 Å². The van der Waals surface area contributed by atoms with Gasteiger partial charge in [0.15, 0.2) is 11.5 Å².